The number of carbonyl (C=O) groups is 1. The van der Waals surface area contributed by atoms with Crippen LogP contribution in [-0.2, 0) is 0 Å². The van der Waals surface area contributed by atoms with Crippen LogP contribution in [0, 0.1) is 6.92 Å². The number of aromatic nitrogens is 1. The first-order chi connectivity index (χ1) is 7.33. The summed E-state index contributed by atoms with van der Waals surface area (Å²) in [5.41, 5.74) is -0.108. The van der Waals surface area contributed by atoms with Crippen LogP contribution < -0.4 is 0 Å². The summed E-state index contributed by atoms with van der Waals surface area (Å²) < 4.78 is 41.0. The van der Waals surface area contributed by atoms with Crippen LogP contribution in [0.4, 0.5) is 13.2 Å². The van der Waals surface area contributed by atoms with Crippen LogP contribution >= 0.6 is 0 Å². The van der Waals surface area contributed by atoms with Crippen LogP contribution in [0.5, 0.6) is 0 Å². The van der Waals surface area contributed by atoms with Crippen molar-refractivity contribution in [1.82, 2.24) is 10.1 Å². The zero-order valence-corrected chi connectivity index (χ0v) is 8.84. The van der Waals surface area contributed by atoms with Gasteiger partial charge in [0.15, 0.2) is 5.69 Å². The van der Waals surface area contributed by atoms with E-state index in [0.29, 0.717) is 10.7 Å². The number of hydrogen-bond donors (Lipinski definition) is 0. The maximum Gasteiger partial charge on any atom is 0.406 e. The van der Waals surface area contributed by atoms with Crippen LogP contribution in [0.15, 0.2) is 10.6 Å². The molecule has 0 aromatic carbocycles. The number of nitrogens with zero attached hydrogens (tertiary/aromatic N) is 2. The van der Waals surface area contributed by atoms with Gasteiger partial charge < -0.3 is 9.42 Å². The lowest BCUT2D eigenvalue weighted by Crippen LogP contribution is -2.38. The molecule has 0 N–H and O–H groups in total. The van der Waals surface area contributed by atoms with Crippen LogP contribution in [0.25, 0.3) is 0 Å². The maximum atomic E-state index is 12.1. The van der Waals surface area contributed by atoms with Gasteiger partial charge in [-0.2, -0.15) is 13.2 Å². The molecule has 0 bridgehead atoms. The lowest BCUT2D eigenvalue weighted by Gasteiger charge is -2.20. The van der Waals surface area contributed by atoms with Crippen LogP contribution in [0.1, 0.15) is 23.2 Å². The van der Waals surface area contributed by atoms with Gasteiger partial charge in [0.1, 0.15) is 12.3 Å². The summed E-state index contributed by atoms with van der Waals surface area (Å²) >= 11 is 0. The lowest BCUT2D eigenvalue weighted by molar-refractivity contribution is -0.140. The molecule has 90 valence electrons. The number of aryl methyl sites for hydroxylation is 1. The molecule has 0 saturated carbocycles. The van der Waals surface area contributed by atoms with E-state index < -0.39 is 18.6 Å². The molecule has 1 rings (SSSR count). The first-order valence-electron chi connectivity index (χ1n) is 4.63. The SMILES string of the molecule is CCN(CC(F)(F)F)C(=O)c1cc(C)on1. The van der Waals surface area contributed by atoms with Crippen molar-refractivity contribution in [3.05, 3.63) is 17.5 Å². The second-order valence-corrected chi connectivity index (χ2v) is 3.26. The Morgan fingerprint density at radius 3 is 2.56 bits per heavy atom. The molecular formula is C9H11F3N2O2. The minimum atomic E-state index is -4.41. The Bertz CT molecular complexity index is 373. The smallest absolute Gasteiger partial charge is 0.361 e. The second kappa shape index (κ2) is 4.54. The minimum Gasteiger partial charge on any atom is -0.361 e. The van der Waals surface area contributed by atoms with Gasteiger partial charge in [0.25, 0.3) is 5.91 Å². The van der Waals surface area contributed by atoms with E-state index in [1.54, 1.807) is 6.92 Å². The van der Waals surface area contributed by atoms with Gasteiger partial charge in [-0.25, -0.2) is 0 Å². The van der Waals surface area contributed by atoms with Crippen molar-refractivity contribution in [2.45, 2.75) is 20.0 Å². The van der Waals surface area contributed by atoms with Crippen molar-refractivity contribution in [3.8, 4) is 0 Å². The largest absolute Gasteiger partial charge is 0.406 e. The number of amides is 1. The Labute approximate surface area is 90.0 Å². The number of halogens is 3. The van der Waals surface area contributed by atoms with Crippen molar-refractivity contribution in [3.63, 3.8) is 0 Å². The van der Waals surface area contributed by atoms with Crippen LogP contribution in [0.3, 0.4) is 0 Å². The highest BCUT2D eigenvalue weighted by Gasteiger charge is 2.33. The fourth-order valence-electron chi connectivity index (χ4n) is 1.17. The van der Waals surface area contributed by atoms with Crippen molar-refractivity contribution in [1.29, 1.82) is 0 Å². The Morgan fingerprint density at radius 1 is 1.56 bits per heavy atom. The number of carbonyl (C=O) groups excluding carboxylic acids is 1. The molecule has 1 aromatic heterocycles. The highest BCUT2D eigenvalue weighted by atomic mass is 19.4. The fourth-order valence-corrected chi connectivity index (χ4v) is 1.17. The zero-order chi connectivity index (χ0) is 12.3. The van der Waals surface area contributed by atoms with Gasteiger partial charge in [0.2, 0.25) is 0 Å². The molecule has 0 aliphatic heterocycles. The summed E-state index contributed by atoms with van der Waals surface area (Å²) in [6.45, 7) is 1.71. The molecule has 0 spiro atoms. The van der Waals surface area contributed by atoms with Gasteiger partial charge in [0.05, 0.1) is 0 Å². The lowest BCUT2D eigenvalue weighted by atomic mass is 10.3. The highest BCUT2D eigenvalue weighted by Crippen LogP contribution is 2.17. The average molecular weight is 236 g/mol. The van der Waals surface area contributed by atoms with Gasteiger partial charge in [0, 0.05) is 12.6 Å². The molecule has 0 radical (unpaired) electrons. The summed E-state index contributed by atoms with van der Waals surface area (Å²) in [5.74, 6) is -0.400. The summed E-state index contributed by atoms with van der Waals surface area (Å²) in [4.78, 5) is 12.2. The summed E-state index contributed by atoms with van der Waals surface area (Å²) in [7, 11) is 0. The Hall–Kier alpha value is -1.53. The molecule has 0 saturated heterocycles. The van der Waals surface area contributed by atoms with Crippen molar-refractivity contribution >= 4 is 5.91 Å². The first kappa shape index (κ1) is 12.5. The van der Waals surface area contributed by atoms with E-state index in [1.807, 2.05) is 0 Å². The van der Waals surface area contributed by atoms with Gasteiger partial charge >= 0.3 is 6.18 Å². The van der Waals surface area contributed by atoms with Gasteiger partial charge in [-0.05, 0) is 13.8 Å². The molecule has 4 nitrogen and oxygen atoms in total. The Balaban J connectivity index is 2.78. The van der Waals surface area contributed by atoms with E-state index in [2.05, 4.69) is 9.68 Å². The van der Waals surface area contributed by atoms with Gasteiger partial charge in [-0.15, -0.1) is 0 Å². The van der Waals surface area contributed by atoms with Gasteiger partial charge in [-0.3, -0.25) is 4.79 Å². The Morgan fingerprint density at radius 2 is 2.19 bits per heavy atom. The van der Waals surface area contributed by atoms with Crippen molar-refractivity contribution in [2.24, 2.45) is 0 Å². The average Bonchev–Trinajstić information content (AvgIpc) is 2.58. The zero-order valence-electron chi connectivity index (χ0n) is 8.84. The van der Waals surface area contributed by atoms with Crippen molar-refractivity contribution in [2.75, 3.05) is 13.1 Å². The summed E-state index contributed by atoms with van der Waals surface area (Å²) in [6, 6.07) is 1.31. The quantitative estimate of drug-likeness (QED) is 0.806. The van der Waals surface area contributed by atoms with E-state index in [0.717, 1.165) is 0 Å². The van der Waals surface area contributed by atoms with E-state index in [4.69, 9.17) is 0 Å². The molecule has 1 heterocycles. The molecular weight excluding hydrogens is 225 g/mol. The molecule has 0 unspecified atom stereocenters. The predicted octanol–water partition coefficient (Wildman–Crippen LogP) is 2.01. The standard InChI is InChI=1S/C9H11F3N2O2/c1-3-14(5-9(10,11)12)8(15)7-4-6(2)16-13-7/h4H,3,5H2,1-2H3. The third-order valence-corrected chi connectivity index (χ3v) is 1.89. The molecule has 16 heavy (non-hydrogen) atoms. The van der Waals surface area contributed by atoms with Crippen LogP contribution in [0.2, 0.25) is 0 Å². The van der Waals surface area contributed by atoms with Crippen molar-refractivity contribution < 1.29 is 22.5 Å². The molecule has 0 atom stereocenters. The minimum absolute atomic E-state index is 0.0374. The first-order valence-corrected chi connectivity index (χ1v) is 4.63. The highest BCUT2D eigenvalue weighted by molar-refractivity contribution is 5.92. The second-order valence-electron chi connectivity index (χ2n) is 3.26. The molecule has 0 aliphatic rings. The predicted molar refractivity (Wildman–Crippen MR) is 48.9 cm³/mol. The number of alkyl halides is 3. The Kier molecular flexibility index (Phi) is 3.56. The number of hydrogen-bond acceptors (Lipinski definition) is 3. The van der Waals surface area contributed by atoms with E-state index in [9.17, 15) is 18.0 Å². The topological polar surface area (TPSA) is 46.3 Å². The van der Waals surface area contributed by atoms with E-state index in [-0.39, 0.29) is 12.2 Å². The molecule has 7 heteroatoms. The molecule has 0 aliphatic carbocycles. The fraction of sp³-hybridized carbons (Fsp3) is 0.556. The maximum absolute atomic E-state index is 12.1. The normalized spacial score (nSPS) is 11.6. The summed E-state index contributed by atoms with van der Waals surface area (Å²) in [6.07, 6.45) is -4.41. The summed E-state index contributed by atoms with van der Waals surface area (Å²) in [5, 5.41) is 3.38. The number of rotatable bonds is 3. The van der Waals surface area contributed by atoms with E-state index in [1.165, 1.54) is 13.0 Å². The monoisotopic (exact) mass is 236 g/mol. The van der Waals surface area contributed by atoms with E-state index >= 15 is 0 Å². The van der Waals surface area contributed by atoms with Gasteiger partial charge in [-0.1, -0.05) is 5.16 Å². The third kappa shape index (κ3) is 3.25. The van der Waals surface area contributed by atoms with Crippen LogP contribution in [-0.4, -0.2) is 35.2 Å². The molecule has 0 fully saturated rings. The molecule has 1 aromatic rings. The third-order valence-electron chi connectivity index (χ3n) is 1.89. The molecule has 1 amide bonds.